The summed E-state index contributed by atoms with van der Waals surface area (Å²) in [5.74, 6) is 0. The maximum absolute atomic E-state index is 10.8. The van der Waals surface area contributed by atoms with Gasteiger partial charge in [0.2, 0.25) is 0 Å². The summed E-state index contributed by atoms with van der Waals surface area (Å²) in [6.45, 7) is 7.67. The van der Waals surface area contributed by atoms with E-state index in [9.17, 15) is 10.1 Å². The van der Waals surface area contributed by atoms with Gasteiger partial charge in [-0.15, -0.1) is 5.11 Å². The molecule has 0 aliphatic carbocycles. The third kappa shape index (κ3) is 11.5. The summed E-state index contributed by atoms with van der Waals surface area (Å²) in [6, 6.07) is 11.9. The van der Waals surface area contributed by atoms with Gasteiger partial charge in [0.15, 0.2) is 0 Å². The van der Waals surface area contributed by atoms with Gasteiger partial charge in [0.1, 0.15) is 5.69 Å². The lowest BCUT2D eigenvalue weighted by molar-refractivity contribution is -0.384. The normalized spacial score (nSPS) is 11.3. The highest BCUT2D eigenvalue weighted by Gasteiger charge is 2.09. The third-order valence-electron chi connectivity index (χ3n) is 6.16. The Bertz CT molecular complexity index is 922. The fraction of sp³-hybridized carbons (Fsp3) is 0.571. The van der Waals surface area contributed by atoms with E-state index < -0.39 is 4.92 Å². The molecule has 0 aromatic heterocycles. The molecule has 0 atom stereocenters. The second-order valence-electron chi connectivity index (χ2n) is 8.98. The Hall–Kier alpha value is -2.51. The zero-order chi connectivity index (χ0) is 26.0. The fourth-order valence-corrected chi connectivity index (χ4v) is 4.18. The van der Waals surface area contributed by atoms with Crippen LogP contribution < -0.4 is 4.90 Å². The Morgan fingerprint density at radius 3 is 2.08 bits per heavy atom. The van der Waals surface area contributed by atoms with Crippen molar-refractivity contribution >= 4 is 34.4 Å². The van der Waals surface area contributed by atoms with Crippen LogP contribution in [0.15, 0.2) is 52.7 Å². The second-order valence-corrected chi connectivity index (χ2v) is 9.39. The lowest BCUT2D eigenvalue weighted by Crippen LogP contribution is -2.27. The Morgan fingerprint density at radius 2 is 1.50 bits per heavy atom. The number of benzene rings is 2. The molecule has 198 valence electrons. The average molecular weight is 517 g/mol. The number of likely N-dealkylation sites (N-methyl/N-ethyl adjacent to an activating group) is 1. The van der Waals surface area contributed by atoms with Crippen molar-refractivity contribution in [1.29, 1.82) is 0 Å². The third-order valence-corrected chi connectivity index (χ3v) is 6.46. The van der Waals surface area contributed by atoms with E-state index in [2.05, 4.69) is 29.0 Å². The van der Waals surface area contributed by atoms with Crippen molar-refractivity contribution in [2.75, 3.05) is 31.2 Å². The number of nitro groups is 1. The van der Waals surface area contributed by atoms with Crippen LogP contribution in [-0.4, -0.2) is 31.2 Å². The van der Waals surface area contributed by atoms with E-state index in [1.165, 1.54) is 76.0 Å². The van der Waals surface area contributed by atoms with Gasteiger partial charge in [0.05, 0.1) is 22.2 Å². The fourth-order valence-electron chi connectivity index (χ4n) is 3.97. The molecule has 0 aliphatic rings. The lowest BCUT2D eigenvalue weighted by atomic mass is 10.1. The van der Waals surface area contributed by atoms with E-state index in [1.807, 2.05) is 24.3 Å². The highest BCUT2D eigenvalue weighted by atomic mass is 35.5. The number of halogens is 1. The average Bonchev–Trinajstić information content (AvgIpc) is 2.88. The largest absolute Gasteiger partial charge is 0.380 e. The minimum absolute atomic E-state index is 0.0737. The van der Waals surface area contributed by atoms with Crippen molar-refractivity contribution in [1.82, 2.24) is 0 Å². The smallest absolute Gasteiger partial charge is 0.271 e. The van der Waals surface area contributed by atoms with Crippen molar-refractivity contribution in [3.63, 3.8) is 0 Å². The Kier molecular flexibility index (Phi) is 14.7. The molecule has 0 saturated heterocycles. The number of hydrogen-bond donors (Lipinski definition) is 0. The van der Waals surface area contributed by atoms with Gasteiger partial charge >= 0.3 is 0 Å². The summed E-state index contributed by atoms with van der Waals surface area (Å²) in [5.41, 5.74) is 2.10. The van der Waals surface area contributed by atoms with E-state index in [0.717, 1.165) is 31.8 Å². The first-order valence-corrected chi connectivity index (χ1v) is 13.7. The number of azo groups is 1. The number of nitro benzene ring substituents is 1. The van der Waals surface area contributed by atoms with Crippen LogP contribution in [0, 0.1) is 10.1 Å². The molecule has 0 radical (unpaired) electrons. The van der Waals surface area contributed by atoms with Crippen molar-refractivity contribution in [3.8, 4) is 0 Å². The van der Waals surface area contributed by atoms with Crippen LogP contribution >= 0.6 is 11.6 Å². The lowest BCUT2D eigenvalue weighted by Gasteiger charge is -2.23. The molecule has 0 aliphatic heterocycles. The van der Waals surface area contributed by atoms with Crippen LogP contribution in [0.3, 0.4) is 0 Å². The molecule has 2 aromatic rings. The summed E-state index contributed by atoms with van der Waals surface area (Å²) in [6.07, 6.45) is 13.3. The SMILES string of the molecule is CCCCCCCCCCCCOCCN(CC)c1ccc(N=Nc2ccc([N+](=O)[O-])cc2Cl)cc1. The van der Waals surface area contributed by atoms with Crippen LogP contribution in [0.1, 0.15) is 78.1 Å². The topological polar surface area (TPSA) is 80.3 Å². The van der Waals surface area contributed by atoms with Crippen LogP contribution in [-0.2, 0) is 4.74 Å². The zero-order valence-corrected chi connectivity index (χ0v) is 22.6. The highest BCUT2D eigenvalue weighted by Crippen LogP contribution is 2.30. The molecule has 0 heterocycles. The van der Waals surface area contributed by atoms with E-state index in [1.54, 1.807) is 0 Å². The summed E-state index contributed by atoms with van der Waals surface area (Å²) in [7, 11) is 0. The summed E-state index contributed by atoms with van der Waals surface area (Å²) >= 11 is 6.08. The Labute approximate surface area is 221 Å². The second kappa shape index (κ2) is 17.8. The summed E-state index contributed by atoms with van der Waals surface area (Å²) in [5, 5.41) is 19.3. The Balaban J connectivity index is 1.65. The van der Waals surface area contributed by atoms with Crippen molar-refractivity contribution in [2.45, 2.75) is 78.1 Å². The molecule has 2 aromatic carbocycles. The van der Waals surface area contributed by atoms with E-state index >= 15 is 0 Å². The summed E-state index contributed by atoms with van der Waals surface area (Å²) < 4.78 is 5.88. The van der Waals surface area contributed by atoms with Crippen LogP contribution in [0.2, 0.25) is 5.02 Å². The van der Waals surface area contributed by atoms with Gasteiger partial charge in [0, 0.05) is 37.5 Å². The molecule has 0 spiro atoms. The monoisotopic (exact) mass is 516 g/mol. The van der Waals surface area contributed by atoms with Gasteiger partial charge in [-0.25, -0.2) is 0 Å². The standard InChI is InChI=1S/C28H41ClN4O3/c1-3-5-6-7-8-9-10-11-12-13-21-36-22-20-32(4-2)25-16-14-24(15-17-25)30-31-28-19-18-26(33(34)35)23-27(28)29/h14-19,23H,3-13,20-22H2,1-2H3. The maximum atomic E-state index is 10.8. The number of ether oxygens (including phenoxy) is 1. The molecule has 0 bridgehead atoms. The van der Waals surface area contributed by atoms with Crippen LogP contribution in [0.5, 0.6) is 0 Å². The van der Waals surface area contributed by atoms with Gasteiger partial charge in [-0.05, 0) is 43.7 Å². The van der Waals surface area contributed by atoms with Gasteiger partial charge in [-0.1, -0.05) is 76.3 Å². The first-order valence-electron chi connectivity index (χ1n) is 13.3. The molecular formula is C28H41ClN4O3. The summed E-state index contributed by atoms with van der Waals surface area (Å²) in [4.78, 5) is 12.6. The molecule has 0 unspecified atom stereocenters. The first-order chi connectivity index (χ1) is 17.5. The van der Waals surface area contributed by atoms with E-state index in [-0.39, 0.29) is 10.7 Å². The van der Waals surface area contributed by atoms with Crippen molar-refractivity contribution in [3.05, 3.63) is 57.6 Å². The van der Waals surface area contributed by atoms with Crippen molar-refractivity contribution in [2.24, 2.45) is 10.2 Å². The molecular weight excluding hydrogens is 476 g/mol. The number of unbranched alkanes of at least 4 members (excludes halogenated alkanes) is 9. The van der Waals surface area contributed by atoms with Gasteiger partial charge in [-0.3, -0.25) is 10.1 Å². The van der Waals surface area contributed by atoms with E-state index in [4.69, 9.17) is 16.3 Å². The predicted molar refractivity (Wildman–Crippen MR) is 149 cm³/mol. The van der Waals surface area contributed by atoms with Gasteiger partial charge in [0.25, 0.3) is 5.69 Å². The molecule has 0 saturated carbocycles. The molecule has 0 amide bonds. The van der Waals surface area contributed by atoms with Crippen molar-refractivity contribution < 1.29 is 9.66 Å². The molecule has 36 heavy (non-hydrogen) atoms. The molecule has 7 nitrogen and oxygen atoms in total. The number of nitrogens with zero attached hydrogens (tertiary/aromatic N) is 4. The van der Waals surface area contributed by atoms with Gasteiger partial charge in [-0.2, -0.15) is 5.11 Å². The molecule has 0 N–H and O–H groups in total. The quantitative estimate of drug-likeness (QED) is 0.0805. The number of anilines is 1. The van der Waals surface area contributed by atoms with E-state index in [0.29, 0.717) is 18.0 Å². The van der Waals surface area contributed by atoms with Crippen LogP contribution in [0.25, 0.3) is 0 Å². The minimum Gasteiger partial charge on any atom is -0.380 e. The van der Waals surface area contributed by atoms with Crippen LogP contribution in [0.4, 0.5) is 22.7 Å². The Morgan fingerprint density at radius 1 is 0.861 bits per heavy atom. The number of hydrogen-bond acceptors (Lipinski definition) is 6. The minimum atomic E-state index is -0.492. The number of rotatable bonds is 19. The molecule has 2 rings (SSSR count). The van der Waals surface area contributed by atoms with Gasteiger partial charge < -0.3 is 9.64 Å². The highest BCUT2D eigenvalue weighted by molar-refractivity contribution is 6.33. The molecule has 8 heteroatoms. The molecule has 0 fully saturated rings. The maximum Gasteiger partial charge on any atom is 0.271 e. The zero-order valence-electron chi connectivity index (χ0n) is 21.8. The number of non-ortho nitro benzene ring substituents is 1. The predicted octanol–water partition coefficient (Wildman–Crippen LogP) is 9.43. The first kappa shape index (κ1) is 29.7.